The van der Waals surface area contributed by atoms with E-state index in [-0.39, 0.29) is 5.78 Å². The Bertz CT molecular complexity index is 933. The fourth-order valence-corrected chi connectivity index (χ4v) is 3.77. The van der Waals surface area contributed by atoms with Crippen LogP contribution in [0.2, 0.25) is 0 Å². The van der Waals surface area contributed by atoms with E-state index in [9.17, 15) is 4.79 Å². The normalized spacial score (nSPS) is 14.2. The van der Waals surface area contributed by atoms with Crippen LogP contribution >= 0.6 is 0 Å². The molecule has 1 aliphatic heterocycles. The Morgan fingerprint density at radius 1 is 0.815 bits per heavy atom. The number of hydrogen-bond donors (Lipinski definition) is 0. The maximum atomic E-state index is 12.8. The van der Waals surface area contributed by atoms with Gasteiger partial charge in [-0.15, -0.1) is 10.2 Å². The summed E-state index contributed by atoms with van der Waals surface area (Å²) in [5, 5.41) is 9.14. The number of benzene rings is 2. The zero-order valence-corrected chi connectivity index (χ0v) is 15.6. The van der Waals surface area contributed by atoms with Crippen LogP contribution < -0.4 is 4.90 Å². The maximum Gasteiger partial charge on any atom is 0.164 e. The van der Waals surface area contributed by atoms with Gasteiger partial charge in [0.25, 0.3) is 0 Å². The smallest absolute Gasteiger partial charge is 0.164 e. The van der Waals surface area contributed by atoms with Crippen molar-refractivity contribution in [3.63, 3.8) is 0 Å². The van der Waals surface area contributed by atoms with Gasteiger partial charge in [0, 0.05) is 24.2 Å². The average Bonchev–Trinajstić information content (AvgIpc) is 2.74. The van der Waals surface area contributed by atoms with Crippen molar-refractivity contribution in [2.75, 3.05) is 18.0 Å². The van der Waals surface area contributed by atoms with E-state index < -0.39 is 0 Å². The van der Waals surface area contributed by atoms with Gasteiger partial charge in [-0.25, -0.2) is 0 Å². The molecule has 27 heavy (non-hydrogen) atoms. The highest BCUT2D eigenvalue weighted by atomic mass is 16.1. The van der Waals surface area contributed by atoms with Crippen molar-refractivity contribution in [1.82, 2.24) is 10.2 Å². The molecule has 4 heteroatoms. The van der Waals surface area contributed by atoms with Crippen molar-refractivity contribution in [3.8, 4) is 22.4 Å². The Kier molecular flexibility index (Phi) is 4.97. The fraction of sp³-hybridized carbons (Fsp3) is 0.261. The number of aromatic nitrogens is 2. The summed E-state index contributed by atoms with van der Waals surface area (Å²) in [5.41, 5.74) is 4.28. The molecule has 0 unspecified atom stereocenters. The molecule has 0 aliphatic carbocycles. The predicted octanol–water partition coefficient (Wildman–Crippen LogP) is 5.00. The van der Waals surface area contributed by atoms with Crippen molar-refractivity contribution in [2.45, 2.75) is 26.2 Å². The van der Waals surface area contributed by atoms with E-state index >= 15 is 0 Å². The Hall–Kier alpha value is -3.01. The van der Waals surface area contributed by atoms with Crippen LogP contribution in [0.3, 0.4) is 0 Å². The van der Waals surface area contributed by atoms with Crippen molar-refractivity contribution in [2.24, 2.45) is 0 Å². The molecule has 2 heterocycles. The minimum absolute atomic E-state index is 0.0292. The van der Waals surface area contributed by atoms with E-state index in [2.05, 4.69) is 15.1 Å². The predicted molar refractivity (Wildman–Crippen MR) is 109 cm³/mol. The third kappa shape index (κ3) is 3.47. The first-order valence-electron chi connectivity index (χ1n) is 9.53. The zero-order valence-electron chi connectivity index (χ0n) is 15.6. The number of ketones is 1. The van der Waals surface area contributed by atoms with Crippen molar-refractivity contribution >= 4 is 11.6 Å². The third-order valence-electron chi connectivity index (χ3n) is 5.07. The van der Waals surface area contributed by atoms with E-state index in [1.807, 2.05) is 60.7 Å². The lowest BCUT2D eigenvalue weighted by atomic mass is 9.93. The second kappa shape index (κ2) is 7.70. The van der Waals surface area contributed by atoms with Crippen LogP contribution in [-0.4, -0.2) is 29.1 Å². The highest BCUT2D eigenvalue weighted by molar-refractivity contribution is 6.08. The molecule has 0 spiro atoms. The summed E-state index contributed by atoms with van der Waals surface area (Å²) in [6, 6.07) is 20.0. The molecule has 3 aromatic rings. The molecule has 4 rings (SSSR count). The third-order valence-corrected chi connectivity index (χ3v) is 5.07. The quantitative estimate of drug-likeness (QED) is 0.616. The average molecular weight is 357 g/mol. The summed E-state index contributed by atoms with van der Waals surface area (Å²) >= 11 is 0. The molecular weight excluding hydrogens is 334 g/mol. The van der Waals surface area contributed by atoms with E-state index in [0.29, 0.717) is 5.56 Å². The standard InChI is InChI=1S/C23H23N3O/c1-17(27)20-21(18-11-5-2-6-12-18)22(19-13-7-3-8-14-19)24-25-23(20)26-15-9-4-10-16-26/h2-3,5-8,11-14H,4,9-10,15-16H2,1H3. The minimum atomic E-state index is 0.0292. The van der Waals surface area contributed by atoms with Crippen LogP contribution in [0, 0.1) is 0 Å². The largest absolute Gasteiger partial charge is 0.355 e. The van der Waals surface area contributed by atoms with Gasteiger partial charge in [-0.1, -0.05) is 60.7 Å². The molecule has 0 N–H and O–H groups in total. The van der Waals surface area contributed by atoms with Gasteiger partial charge in [0.2, 0.25) is 0 Å². The SMILES string of the molecule is CC(=O)c1c(N2CCCCC2)nnc(-c2ccccc2)c1-c1ccccc1. The number of carbonyl (C=O) groups is 1. The number of hydrogen-bond acceptors (Lipinski definition) is 4. The number of rotatable bonds is 4. The monoisotopic (exact) mass is 357 g/mol. The zero-order chi connectivity index (χ0) is 18.6. The number of anilines is 1. The molecule has 0 radical (unpaired) electrons. The number of Topliss-reactive ketones (excluding diaryl/α,β-unsaturated/α-hetero) is 1. The van der Waals surface area contributed by atoms with Crippen LogP contribution in [0.4, 0.5) is 5.82 Å². The Morgan fingerprint density at radius 2 is 1.41 bits per heavy atom. The summed E-state index contributed by atoms with van der Waals surface area (Å²) in [4.78, 5) is 15.0. The Balaban J connectivity index is 1.99. The van der Waals surface area contributed by atoms with E-state index in [4.69, 9.17) is 0 Å². The summed E-state index contributed by atoms with van der Waals surface area (Å²) in [5.74, 6) is 0.752. The summed E-state index contributed by atoms with van der Waals surface area (Å²) in [6.07, 6.45) is 3.48. The highest BCUT2D eigenvalue weighted by Gasteiger charge is 2.26. The van der Waals surface area contributed by atoms with Crippen molar-refractivity contribution in [1.29, 1.82) is 0 Å². The van der Waals surface area contributed by atoms with Crippen molar-refractivity contribution in [3.05, 3.63) is 66.2 Å². The van der Waals surface area contributed by atoms with Crippen LogP contribution in [0.5, 0.6) is 0 Å². The molecule has 0 bridgehead atoms. The van der Waals surface area contributed by atoms with Gasteiger partial charge in [0.1, 0.15) is 5.69 Å². The molecular formula is C23H23N3O. The van der Waals surface area contributed by atoms with E-state index in [1.165, 1.54) is 6.42 Å². The Labute approximate surface area is 159 Å². The lowest BCUT2D eigenvalue weighted by molar-refractivity contribution is 0.101. The molecule has 1 aromatic heterocycles. The van der Waals surface area contributed by atoms with Gasteiger partial charge in [0.05, 0.1) is 5.56 Å². The Morgan fingerprint density at radius 3 is 2.00 bits per heavy atom. The van der Waals surface area contributed by atoms with Crippen LogP contribution in [0.1, 0.15) is 36.5 Å². The van der Waals surface area contributed by atoms with Gasteiger partial charge in [-0.3, -0.25) is 4.79 Å². The first kappa shape index (κ1) is 17.4. The molecule has 0 saturated carbocycles. The van der Waals surface area contributed by atoms with Crippen LogP contribution in [-0.2, 0) is 0 Å². The molecule has 0 atom stereocenters. The van der Waals surface area contributed by atoms with Gasteiger partial charge < -0.3 is 4.90 Å². The molecule has 136 valence electrons. The lowest BCUT2D eigenvalue weighted by Crippen LogP contribution is -2.32. The van der Waals surface area contributed by atoms with Crippen LogP contribution in [0.25, 0.3) is 22.4 Å². The highest BCUT2D eigenvalue weighted by Crippen LogP contribution is 2.37. The van der Waals surface area contributed by atoms with Gasteiger partial charge in [-0.05, 0) is 31.7 Å². The molecule has 1 fully saturated rings. The van der Waals surface area contributed by atoms with E-state index in [0.717, 1.165) is 54.1 Å². The first-order chi connectivity index (χ1) is 13.3. The minimum Gasteiger partial charge on any atom is -0.355 e. The number of nitrogens with zero attached hydrogens (tertiary/aromatic N) is 3. The second-order valence-electron chi connectivity index (χ2n) is 6.96. The van der Waals surface area contributed by atoms with Gasteiger partial charge in [0.15, 0.2) is 11.6 Å². The van der Waals surface area contributed by atoms with Crippen molar-refractivity contribution < 1.29 is 4.79 Å². The molecule has 1 aliphatic rings. The first-order valence-corrected chi connectivity index (χ1v) is 9.53. The molecule has 4 nitrogen and oxygen atoms in total. The summed E-state index contributed by atoms with van der Waals surface area (Å²) in [6.45, 7) is 3.48. The van der Waals surface area contributed by atoms with E-state index in [1.54, 1.807) is 6.92 Å². The van der Waals surface area contributed by atoms with Gasteiger partial charge >= 0.3 is 0 Å². The molecule has 2 aromatic carbocycles. The molecule has 0 amide bonds. The summed E-state index contributed by atoms with van der Waals surface area (Å²) in [7, 11) is 0. The topological polar surface area (TPSA) is 46.1 Å². The lowest BCUT2D eigenvalue weighted by Gasteiger charge is -2.29. The van der Waals surface area contributed by atoms with Gasteiger partial charge in [-0.2, -0.15) is 0 Å². The maximum absolute atomic E-state index is 12.8. The summed E-state index contributed by atoms with van der Waals surface area (Å²) < 4.78 is 0. The number of piperidine rings is 1. The fourth-order valence-electron chi connectivity index (χ4n) is 3.77. The number of carbonyl (C=O) groups excluding carboxylic acids is 1. The molecule has 1 saturated heterocycles. The second-order valence-corrected chi connectivity index (χ2v) is 6.96. The van der Waals surface area contributed by atoms with Crippen LogP contribution in [0.15, 0.2) is 60.7 Å².